The number of anilines is 1. The number of Topliss-reactive ketones (excluding diaryl/α,β-unsaturated/α-hetero) is 1. The lowest BCUT2D eigenvalue weighted by atomic mass is 9.87. The van der Waals surface area contributed by atoms with E-state index in [0.717, 1.165) is 28.1 Å². The average Bonchev–Trinajstić information content (AvgIpc) is 2.84. The van der Waals surface area contributed by atoms with E-state index < -0.39 is 5.92 Å². The first kappa shape index (κ1) is 22.6. The van der Waals surface area contributed by atoms with E-state index in [1.54, 1.807) is 0 Å². The van der Waals surface area contributed by atoms with Gasteiger partial charge in [0.15, 0.2) is 18.2 Å². The maximum atomic E-state index is 14.0. The minimum absolute atomic E-state index is 0.0200. The van der Waals surface area contributed by atoms with Crippen LogP contribution in [0.1, 0.15) is 33.0 Å². The quantitative estimate of drug-likeness (QED) is 0.193. The van der Waals surface area contributed by atoms with Gasteiger partial charge >= 0.3 is 0 Å². The van der Waals surface area contributed by atoms with Crippen LogP contribution in [-0.4, -0.2) is 5.78 Å². The van der Waals surface area contributed by atoms with Gasteiger partial charge in [-0.2, -0.15) is 4.57 Å². The third kappa shape index (κ3) is 5.41. The standard InChI is InChI=1S/C29H26N2OS/c1-21-11-15-23(16-12-21)26(28(32)24-17-13-22(2)14-18-24)27(31-19-7-4-8-20-31)29(33)30-25-9-5-3-6-10-25/h3-20,26,30H,1-2H3/p+1. The van der Waals surface area contributed by atoms with Gasteiger partial charge in [-0.05, 0) is 31.5 Å². The Bertz CT molecular complexity index is 1250. The molecule has 0 aliphatic rings. The number of thiol groups is 1. The summed E-state index contributed by atoms with van der Waals surface area (Å²) in [6.45, 7) is 4.07. The van der Waals surface area contributed by atoms with Crippen molar-refractivity contribution >= 4 is 29.8 Å². The average molecular weight is 452 g/mol. The first-order valence-electron chi connectivity index (χ1n) is 10.9. The molecule has 4 rings (SSSR count). The predicted octanol–water partition coefficient (Wildman–Crippen LogP) is 6.43. The first-order valence-corrected chi connectivity index (χ1v) is 11.4. The van der Waals surface area contributed by atoms with Gasteiger partial charge in [-0.25, -0.2) is 0 Å². The lowest BCUT2D eigenvalue weighted by Crippen LogP contribution is -2.38. The van der Waals surface area contributed by atoms with E-state index >= 15 is 0 Å². The normalized spacial score (nSPS) is 12.6. The number of benzene rings is 3. The fourth-order valence-electron chi connectivity index (χ4n) is 3.77. The van der Waals surface area contributed by atoms with E-state index in [9.17, 15) is 4.79 Å². The zero-order valence-electron chi connectivity index (χ0n) is 18.8. The number of aryl methyl sites for hydroxylation is 2. The number of para-hydroxylation sites is 1. The van der Waals surface area contributed by atoms with Crippen molar-refractivity contribution in [2.24, 2.45) is 0 Å². The third-order valence-corrected chi connectivity index (χ3v) is 5.90. The van der Waals surface area contributed by atoms with E-state index in [1.165, 1.54) is 0 Å². The molecule has 1 heterocycles. The third-order valence-electron chi connectivity index (χ3n) is 5.56. The number of hydrogen-bond donors (Lipinski definition) is 2. The van der Waals surface area contributed by atoms with E-state index in [2.05, 4.69) is 5.32 Å². The van der Waals surface area contributed by atoms with Crippen molar-refractivity contribution in [2.45, 2.75) is 19.8 Å². The number of allylic oxidation sites excluding steroid dienone is 1. The molecule has 3 nitrogen and oxygen atoms in total. The van der Waals surface area contributed by atoms with Gasteiger partial charge in [-0.15, -0.1) is 12.6 Å². The molecule has 4 heteroatoms. The van der Waals surface area contributed by atoms with Gasteiger partial charge < -0.3 is 5.32 Å². The monoisotopic (exact) mass is 451 g/mol. The van der Waals surface area contributed by atoms with Crippen molar-refractivity contribution < 1.29 is 9.36 Å². The molecule has 0 bridgehead atoms. The second-order valence-corrected chi connectivity index (χ2v) is 8.53. The molecular weight excluding hydrogens is 424 g/mol. The molecular formula is C29H27N2OS+. The first-order chi connectivity index (χ1) is 16.0. The van der Waals surface area contributed by atoms with Crippen molar-refractivity contribution in [1.82, 2.24) is 0 Å². The Morgan fingerprint density at radius 3 is 1.91 bits per heavy atom. The van der Waals surface area contributed by atoms with Gasteiger partial charge in [-0.3, -0.25) is 4.79 Å². The van der Waals surface area contributed by atoms with Crippen molar-refractivity contribution in [3.63, 3.8) is 0 Å². The molecule has 0 spiro atoms. The van der Waals surface area contributed by atoms with Crippen LogP contribution in [0.2, 0.25) is 0 Å². The molecule has 1 unspecified atom stereocenters. The maximum Gasteiger partial charge on any atom is 0.232 e. The summed E-state index contributed by atoms with van der Waals surface area (Å²) in [5, 5.41) is 4.00. The fraction of sp³-hybridized carbons (Fsp3) is 0.103. The van der Waals surface area contributed by atoms with Gasteiger partial charge in [0.2, 0.25) is 5.70 Å². The lowest BCUT2D eigenvalue weighted by molar-refractivity contribution is -0.584. The van der Waals surface area contributed by atoms with Crippen LogP contribution in [0.5, 0.6) is 0 Å². The number of ketones is 1. The number of rotatable bonds is 7. The van der Waals surface area contributed by atoms with Gasteiger partial charge in [0.1, 0.15) is 10.9 Å². The highest BCUT2D eigenvalue weighted by Gasteiger charge is 2.35. The Morgan fingerprint density at radius 2 is 1.30 bits per heavy atom. The van der Waals surface area contributed by atoms with Crippen LogP contribution in [0.3, 0.4) is 0 Å². The Kier molecular flexibility index (Phi) is 7.06. The van der Waals surface area contributed by atoms with Crippen molar-refractivity contribution in [3.05, 3.63) is 137 Å². The van der Waals surface area contributed by atoms with Gasteiger partial charge in [-0.1, -0.05) is 83.9 Å². The highest BCUT2D eigenvalue weighted by molar-refractivity contribution is 7.84. The largest absolute Gasteiger partial charge is 0.345 e. The number of nitrogens with one attached hydrogen (secondary N) is 1. The number of aromatic nitrogens is 1. The number of pyridine rings is 1. The molecule has 0 radical (unpaired) electrons. The molecule has 0 saturated heterocycles. The van der Waals surface area contributed by atoms with Gasteiger partial charge in [0.05, 0.1) is 0 Å². The molecule has 1 atom stereocenters. The minimum Gasteiger partial charge on any atom is -0.345 e. The number of nitrogens with zero attached hydrogens (tertiary/aromatic N) is 1. The van der Waals surface area contributed by atoms with E-state index in [0.29, 0.717) is 10.6 Å². The molecule has 3 aromatic carbocycles. The van der Waals surface area contributed by atoms with E-state index in [-0.39, 0.29) is 5.78 Å². The van der Waals surface area contributed by atoms with E-state index in [4.69, 9.17) is 12.6 Å². The second kappa shape index (κ2) is 10.3. The topological polar surface area (TPSA) is 33.0 Å². The molecule has 0 aliphatic heterocycles. The SMILES string of the molecule is Cc1ccc(C(=O)C(C(=C(S)Nc2ccccc2)[n+]2ccccc2)c2ccc(C)cc2)cc1. The van der Waals surface area contributed by atoms with Crippen LogP contribution in [0.25, 0.3) is 5.70 Å². The zero-order valence-corrected chi connectivity index (χ0v) is 19.7. The smallest absolute Gasteiger partial charge is 0.232 e. The summed E-state index contributed by atoms with van der Waals surface area (Å²) in [5.74, 6) is -0.531. The number of carbonyl (C=O) groups excluding carboxylic acids is 1. The molecule has 0 amide bonds. The molecule has 164 valence electrons. The zero-order chi connectivity index (χ0) is 23.2. The summed E-state index contributed by atoms with van der Waals surface area (Å²) in [7, 11) is 0. The Morgan fingerprint density at radius 1 is 0.758 bits per heavy atom. The van der Waals surface area contributed by atoms with Crippen LogP contribution in [0.4, 0.5) is 5.69 Å². The number of hydrogen-bond acceptors (Lipinski definition) is 3. The van der Waals surface area contributed by atoms with Crippen LogP contribution < -0.4 is 9.88 Å². The molecule has 1 aromatic heterocycles. The second-order valence-electron chi connectivity index (χ2n) is 8.08. The Balaban J connectivity index is 1.91. The maximum absolute atomic E-state index is 14.0. The van der Waals surface area contributed by atoms with Crippen molar-refractivity contribution in [3.8, 4) is 0 Å². The van der Waals surface area contributed by atoms with Gasteiger partial charge in [0, 0.05) is 23.4 Å². The highest BCUT2D eigenvalue weighted by Crippen LogP contribution is 2.32. The summed E-state index contributed by atoms with van der Waals surface area (Å²) in [6.07, 6.45) is 3.89. The lowest BCUT2D eigenvalue weighted by Gasteiger charge is -2.19. The fourth-order valence-corrected chi connectivity index (χ4v) is 4.14. The molecule has 4 aromatic rings. The van der Waals surface area contributed by atoms with Crippen molar-refractivity contribution in [2.75, 3.05) is 5.32 Å². The highest BCUT2D eigenvalue weighted by atomic mass is 32.1. The Hall–Kier alpha value is -3.63. The van der Waals surface area contributed by atoms with Crippen LogP contribution >= 0.6 is 12.6 Å². The Labute approximate surface area is 200 Å². The molecule has 0 fully saturated rings. The summed E-state index contributed by atoms with van der Waals surface area (Å²) in [6, 6.07) is 31.6. The van der Waals surface area contributed by atoms with Crippen LogP contribution in [0, 0.1) is 13.8 Å². The summed E-state index contributed by atoms with van der Waals surface area (Å²) < 4.78 is 1.97. The van der Waals surface area contributed by atoms with E-state index in [1.807, 2.05) is 128 Å². The van der Waals surface area contributed by atoms with Crippen molar-refractivity contribution in [1.29, 1.82) is 0 Å². The number of carbonyl (C=O) groups is 1. The summed E-state index contributed by atoms with van der Waals surface area (Å²) in [4.78, 5) is 14.0. The molecule has 0 saturated carbocycles. The molecule has 33 heavy (non-hydrogen) atoms. The summed E-state index contributed by atoms with van der Waals surface area (Å²) in [5.41, 5.74) is 5.51. The minimum atomic E-state index is -0.551. The molecule has 0 aliphatic carbocycles. The van der Waals surface area contributed by atoms with Crippen LogP contribution in [-0.2, 0) is 0 Å². The van der Waals surface area contributed by atoms with Gasteiger partial charge in [0.25, 0.3) is 0 Å². The predicted molar refractivity (Wildman–Crippen MR) is 138 cm³/mol. The summed E-state index contributed by atoms with van der Waals surface area (Å²) >= 11 is 4.88. The van der Waals surface area contributed by atoms with Crippen LogP contribution in [0.15, 0.2) is 114 Å². The molecule has 1 N–H and O–H groups in total.